The third kappa shape index (κ3) is 3.46. The van der Waals surface area contributed by atoms with Gasteiger partial charge in [0.25, 0.3) is 0 Å². The molecule has 2 N–H and O–H groups in total. The summed E-state index contributed by atoms with van der Waals surface area (Å²) in [7, 11) is 0. The highest BCUT2D eigenvalue weighted by atomic mass is 16.5. The number of hydrogen-bond acceptors (Lipinski definition) is 6. The third-order valence-corrected chi connectivity index (χ3v) is 5.73. The van der Waals surface area contributed by atoms with Gasteiger partial charge in [-0.3, -0.25) is 5.10 Å². The number of aromatic nitrogens is 4. The van der Waals surface area contributed by atoms with E-state index in [0.29, 0.717) is 18.3 Å². The zero-order valence-electron chi connectivity index (χ0n) is 16.4. The quantitative estimate of drug-likeness (QED) is 0.696. The molecule has 152 valence electrons. The van der Waals surface area contributed by atoms with Crippen molar-refractivity contribution in [3.05, 3.63) is 35.7 Å². The number of nitrogens with zero attached hydrogens (tertiary/aromatic N) is 4. The number of urea groups is 1. The van der Waals surface area contributed by atoms with Crippen molar-refractivity contribution in [3.8, 4) is 0 Å². The number of aromatic amines is 1. The standard InChI is InChI=1S/C20H24N6O3/c1-12-9-13(10-15-14(12)11-21-23-15)22-20(27)26-7-3-2-5-16(26)18-24-25-19(29-18)17-6-4-8-28-17/h9-11,16-17H,2-8H2,1H3,(H,21,23)(H,22,27)/t16?,17-/m1/s1. The molecule has 2 saturated heterocycles. The maximum Gasteiger partial charge on any atom is 0.322 e. The number of amides is 2. The van der Waals surface area contributed by atoms with E-state index in [4.69, 9.17) is 9.15 Å². The monoisotopic (exact) mass is 396 g/mol. The van der Waals surface area contributed by atoms with Gasteiger partial charge in [0, 0.05) is 24.2 Å². The van der Waals surface area contributed by atoms with Crippen LogP contribution in [0.5, 0.6) is 0 Å². The number of rotatable bonds is 3. The summed E-state index contributed by atoms with van der Waals surface area (Å²) in [6.07, 6.45) is 6.34. The summed E-state index contributed by atoms with van der Waals surface area (Å²) in [5, 5.41) is 19.5. The maximum atomic E-state index is 13.1. The average molecular weight is 396 g/mol. The Morgan fingerprint density at radius 1 is 1.21 bits per heavy atom. The number of aryl methyl sites for hydroxylation is 1. The predicted molar refractivity (Wildman–Crippen MR) is 105 cm³/mol. The summed E-state index contributed by atoms with van der Waals surface area (Å²) >= 11 is 0. The molecular formula is C20H24N6O3. The van der Waals surface area contributed by atoms with Crippen LogP contribution < -0.4 is 5.32 Å². The number of benzene rings is 1. The van der Waals surface area contributed by atoms with Crippen LogP contribution in [0.25, 0.3) is 10.9 Å². The van der Waals surface area contributed by atoms with Crippen molar-refractivity contribution in [3.63, 3.8) is 0 Å². The number of nitrogens with one attached hydrogen (secondary N) is 2. The minimum Gasteiger partial charge on any atom is -0.420 e. The van der Waals surface area contributed by atoms with Gasteiger partial charge >= 0.3 is 6.03 Å². The molecule has 29 heavy (non-hydrogen) atoms. The Morgan fingerprint density at radius 2 is 2.10 bits per heavy atom. The molecule has 9 heteroatoms. The summed E-state index contributed by atoms with van der Waals surface area (Å²) in [6.45, 7) is 3.38. The number of ether oxygens (including phenoxy) is 1. The number of H-pyrrole nitrogens is 1. The molecule has 0 radical (unpaired) electrons. The first kappa shape index (κ1) is 18.1. The summed E-state index contributed by atoms with van der Waals surface area (Å²) in [5.74, 6) is 1.01. The largest absolute Gasteiger partial charge is 0.420 e. The van der Waals surface area contributed by atoms with Gasteiger partial charge in [-0.2, -0.15) is 5.10 Å². The van der Waals surface area contributed by atoms with E-state index in [-0.39, 0.29) is 18.2 Å². The molecule has 1 unspecified atom stereocenters. The van der Waals surface area contributed by atoms with Crippen LogP contribution in [0.15, 0.2) is 22.7 Å². The van der Waals surface area contributed by atoms with Crippen LogP contribution in [-0.4, -0.2) is 44.5 Å². The van der Waals surface area contributed by atoms with Gasteiger partial charge in [0.05, 0.1) is 11.7 Å². The fraction of sp³-hybridized carbons (Fsp3) is 0.500. The van der Waals surface area contributed by atoms with Gasteiger partial charge in [-0.05, 0) is 56.7 Å². The number of carbonyl (C=O) groups excluding carboxylic acids is 1. The molecule has 0 aliphatic carbocycles. The molecule has 4 heterocycles. The van der Waals surface area contributed by atoms with Crippen LogP contribution >= 0.6 is 0 Å². The van der Waals surface area contributed by atoms with Gasteiger partial charge in [0.15, 0.2) is 0 Å². The fourth-order valence-electron chi connectivity index (χ4n) is 4.21. The normalized spacial score (nSPS) is 22.3. The molecule has 2 aliphatic rings. The Balaban J connectivity index is 1.35. The van der Waals surface area contributed by atoms with Crippen molar-refractivity contribution >= 4 is 22.6 Å². The highest BCUT2D eigenvalue weighted by Crippen LogP contribution is 2.34. The average Bonchev–Trinajstić information content (AvgIpc) is 3.48. The lowest BCUT2D eigenvalue weighted by Gasteiger charge is -2.33. The van der Waals surface area contributed by atoms with Crippen LogP contribution in [0.2, 0.25) is 0 Å². The highest BCUT2D eigenvalue weighted by molar-refractivity contribution is 5.93. The zero-order chi connectivity index (χ0) is 19.8. The smallest absolute Gasteiger partial charge is 0.322 e. The number of carbonyl (C=O) groups is 1. The zero-order valence-corrected chi connectivity index (χ0v) is 16.4. The molecule has 2 fully saturated rings. The lowest BCUT2D eigenvalue weighted by Crippen LogP contribution is -2.41. The summed E-state index contributed by atoms with van der Waals surface area (Å²) in [6, 6.07) is 3.47. The van der Waals surface area contributed by atoms with E-state index in [9.17, 15) is 4.79 Å². The van der Waals surface area contributed by atoms with E-state index in [2.05, 4.69) is 25.7 Å². The second-order valence-electron chi connectivity index (χ2n) is 7.74. The SMILES string of the molecule is Cc1cc(NC(=O)N2CCCCC2c2nnc([C@H]3CCCO3)o2)cc2[nH]ncc12. The van der Waals surface area contributed by atoms with E-state index in [1.807, 2.05) is 19.1 Å². The van der Waals surface area contributed by atoms with E-state index in [1.54, 1.807) is 11.1 Å². The first-order chi connectivity index (χ1) is 14.2. The Morgan fingerprint density at radius 3 is 2.97 bits per heavy atom. The van der Waals surface area contributed by atoms with Gasteiger partial charge < -0.3 is 19.4 Å². The van der Waals surface area contributed by atoms with Crippen molar-refractivity contribution in [2.75, 3.05) is 18.5 Å². The lowest BCUT2D eigenvalue weighted by atomic mass is 10.0. The number of likely N-dealkylation sites (tertiary alicyclic amines) is 1. The minimum absolute atomic E-state index is 0.119. The lowest BCUT2D eigenvalue weighted by molar-refractivity contribution is 0.0842. The molecule has 0 bridgehead atoms. The third-order valence-electron chi connectivity index (χ3n) is 5.73. The van der Waals surface area contributed by atoms with E-state index >= 15 is 0 Å². The Bertz CT molecular complexity index is 1020. The number of fused-ring (bicyclic) bond motifs is 1. The molecule has 2 amide bonds. The number of piperidine rings is 1. The van der Waals surface area contributed by atoms with Gasteiger partial charge in [0.2, 0.25) is 11.8 Å². The predicted octanol–water partition coefficient (Wildman–Crippen LogP) is 3.86. The molecule has 0 spiro atoms. The minimum atomic E-state index is -0.219. The molecular weight excluding hydrogens is 372 g/mol. The second kappa shape index (κ2) is 7.47. The van der Waals surface area contributed by atoms with E-state index in [1.165, 1.54) is 0 Å². The van der Waals surface area contributed by atoms with Crippen molar-refractivity contribution in [2.45, 2.75) is 51.2 Å². The first-order valence-corrected chi connectivity index (χ1v) is 10.2. The molecule has 0 saturated carbocycles. The van der Waals surface area contributed by atoms with Crippen molar-refractivity contribution in [1.29, 1.82) is 0 Å². The summed E-state index contributed by atoms with van der Waals surface area (Å²) < 4.78 is 11.6. The Hall–Kier alpha value is -2.94. The fourth-order valence-corrected chi connectivity index (χ4v) is 4.21. The van der Waals surface area contributed by atoms with E-state index < -0.39 is 0 Å². The second-order valence-corrected chi connectivity index (χ2v) is 7.74. The molecule has 3 aromatic rings. The number of anilines is 1. The van der Waals surface area contributed by atoms with Crippen molar-refractivity contribution < 1.29 is 13.9 Å². The molecule has 2 aliphatic heterocycles. The summed E-state index contributed by atoms with van der Waals surface area (Å²) in [4.78, 5) is 14.9. The van der Waals surface area contributed by atoms with Crippen LogP contribution in [0.3, 0.4) is 0 Å². The summed E-state index contributed by atoms with van der Waals surface area (Å²) in [5.41, 5.74) is 2.69. The van der Waals surface area contributed by atoms with Gasteiger partial charge in [-0.25, -0.2) is 4.79 Å². The molecule has 2 atom stereocenters. The maximum absolute atomic E-state index is 13.1. The first-order valence-electron chi connectivity index (χ1n) is 10.2. The molecule has 9 nitrogen and oxygen atoms in total. The number of hydrogen-bond donors (Lipinski definition) is 2. The van der Waals surface area contributed by atoms with Crippen LogP contribution in [0, 0.1) is 6.92 Å². The molecule has 5 rings (SSSR count). The molecule has 2 aromatic heterocycles. The van der Waals surface area contributed by atoms with Crippen LogP contribution in [0.4, 0.5) is 10.5 Å². The van der Waals surface area contributed by atoms with Crippen LogP contribution in [0.1, 0.15) is 61.6 Å². The molecule has 1 aromatic carbocycles. The van der Waals surface area contributed by atoms with Gasteiger partial charge in [0.1, 0.15) is 12.1 Å². The van der Waals surface area contributed by atoms with Crippen molar-refractivity contribution in [2.24, 2.45) is 0 Å². The Labute approximate surface area is 167 Å². The topological polar surface area (TPSA) is 109 Å². The van der Waals surface area contributed by atoms with Crippen molar-refractivity contribution in [1.82, 2.24) is 25.3 Å². The highest BCUT2D eigenvalue weighted by Gasteiger charge is 2.33. The van der Waals surface area contributed by atoms with Crippen LogP contribution in [-0.2, 0) is 4.74 Å². The Kier molecular flexibility index (Phi) is 4.67. The van der Waals surface area contributed by atoms with E-state index in [0.717, 1.165) is 60.9 Å². The van der Waals surface area contributed by atoms with Gasteiger partial charge in [-0.1, -0.05) is 0 Å². The van der Waals surface area contributed by atoms with Gasteiger partial charge in [-0.15, -0.1) is 10.2 Å².